The summed E-state index contributed by atoms with van der Waals surface area (Å²) in [5.74, 6) is 0.702. The van der Waals surface area contributed by atoms with Crippen molar-refractivity contribution in [2.45, 2.75) is 34.1 Å². The molecule has 0 aliphatic heterocycles. The van der Waals surface area contributed by atoms with E-state index in [4.69, 9.17) is 0 Å². The van der Waals surface area contributed by atoms with Gasteiger partial charge in [-0.15, -0.1) is 13.3 Å². The molecule has 1 heteroatoms. The molecule has 0 aromatic carbocycles. The summed E-state index contributed by atoms with van der Waals surface area (Å²) in [6, 6.07) is 0. The Morgan fingerprint density at radius 2 is 2.00 bits per heavy atom. The Balaban J connectivity index is 0. The number of hydrogen-bond donors (Lipinski definition) is 0. The van der Waals surface area contributed by atoms with E-state index in [2.05, 4.69) is 40.2 Å². The first-order chi connectivity index (χ1) is 4.18. The maximum atomic E-state index is 2.22. The van der Waals surface area contributed by atoms with Gasteiger partial charge in [-0.2, -0.15) is 0 Å². The normalized spacial score (nSPS) is 11.1. The summed E-state index contributed by atoms with van der Waals surface area (Å²) < 4.78 is 0. The van der Waals surface area contributed by atoms with Crippen molar-refractivity contribution in [1.29, 1.82) is 0 Å². The van der Waals surface area contributed by atoms with Gasteiger partial charge in [0.15, 0.2) is 0 Å². The SMILES string of the molecule is CC[CH-]/C=C(\C)C(C)C.[K+]. The Hall–Kier alpha value is 1.25. The average Bonchev–Trinajstić information content (AvgIpc) is 1.82. The molecule has 0 atom stereocenters. The van der Waals surface area contributed by atoms with Crippen molar-refractivity contribution in [3.05, 3.63) is 18.1 Å². The topological polar surface area (TPSA) is 0 Å². The molecule has 0 aromatic rings. The van der Waals surface area contributed by atoms with E-state index in [-0.39, 0.29) is 51.4 Å². The van der Waals surface area contributed by atoms with Crippen molar-refractivity contribution >= 4 is 0 Å². The zero-order valence-electron chi connectivity index (χ0n) is 7.94. The fourth-order valence-electron chi connectivity index (χ4n) is 0.496. The van der Waals surface area contributed by atoms with E-state index in [1.165, 1.54) is 5.57 Å². The van der Waals surface area contributed by atoms with Gasteiger partial charge in [-0.1, -0.05) is 26.7 Å². The van der Waals surface area contributed by atoms with Crippen LogP contribution in [0.4, 0.5) is 0 Å². The molecule has 0 N–H and O–H groups in total. The van der Waals surface area contributed by atoms with Crippen LogP contribution in [-0.2, 0) is 0 Å². The molecule has 0 radical (unpaired) electrons. The number of rotatable bonds is 3. The molecule has 0 saturated heterocycles. The van der Waals surface area contributed by atoms with Crippen molar-refractivity contribution < 1.29 is 51.4 Å². The molecule has 0 unspecified atom stereocenters. The molecule has 0 bridgehead atoms. The minimum Gasteiger partial charge on any atom is -0.230 e. The van der Waals surface area contributed by atoms with Crippen molar-refractivity contribution in [3.8, 4) is 0 Å². The third-order valence-electron chi connectivity index (χ3n) is 1.53. The minimum atomic E-state index is 0. The zero-order chi connectivity index (χ0) is 7.28. The van der Waals surface area contributed by atoms with Gasteiger partial charge in [0.05, 0.1) is 0 Å². The van der Waals surface area contributed by atoms with Crippen LogP contribution in [0.2, 0.25) is 0 Å². The summed E-state index contributed by atoms with van der Waals surface area (Å²) in [6.07, 6.45) is 5.56. The van der Waals surface area contributed by atoms with E-state index in [0.717, 1.165) is 6.42 Å². The second-order valence-electron chi connectivity index (χ2n) is 2.71. The van der Waals surface area contributed by atoms with Crippen molar-refractivity contribution in [2.75, 3.05) is 0 Å². The van der Waals surface area contributed by atoms with Crippen molar-refractivity contribution in [2.24, 2.45) is 5.92 Å². The summed E-state index contributed by atoms with van der Waals surface area (Å²) in [4.78, 5) is 0. The molecular formula is C9H17K. The second-order valence-corrected chi connectivity index (χ2v) is 2.71. The van der Waals surface area contributed by atoms with Gasteiger partial charge in [-0.3, -0.25) is 0 Å². The van der Waals surface area contributed by atoms with Crippen LogP contribution >= 0.6 is 0 Å². The molecule has 0 aliphatic carbocycles. The van der Waals surface area contributed by atoms with Crippen molar-refractivity contribution in [1.82, 2.24) is 0 Å². The maximum absolute atomic E-state index is 2.22. The van der Waals surface area contributed by atoms with E-state index < -0.39 is 0 Å². The van der Waals surface area contributed by atoms with Gasteiger partial charge in [0.1, 0.15) is 0 Å². The van der Waals surface area contributed by atoms with Gasteiger partial charge in [-0.25, -0.2) is 18.1 Å². The zero-order valence-corrected chi connectivity index (χ0v) is 11.1. The van der Waals surface area contributed by atoms with Crippen LogP contribution < -0.4 is 51.4 Å². The summed E-state index contributed by atoms with van der Waals surface area (Å²) >= 11 is 0. The van der Waals surface area contributed by atoms with Crippen LogP contribution in [0.5, 0.6) is 0 Å². The Morgan fingerprint density at radius 3 is 2.30 bits per heavy atom. The number of unbranched alkanes of at least 4 members (excludes halogenated alkanes) is 1. The largest absolute Gasteiger partial charge is 1.00 e. The fourth-order valence-corrected chi connectivity index (χ4v) is 0.496. The predicted octanol–water partition coefficient (Wildman–Crippen LogP) is 0.207. The molecule has 0 aliphatic rings. The van der Waals surface area contributed by atoms with Crippen LogP contribution in [0, 0.1) is 12.3 Å². The van der Waals surface area contributed by atoms with E-state index in [1.807, 2.05) is 0 Å². The van der Waals surface area contributed by atoms with E-state index in [1.54, 1.807) is 0 Å². The summed E-state index contributed by atoms with van der Waals surface area (Å²) in [7, 11) is 0. The quantitative estimate of drug-likeness (QED) is 0.413. The first-order valence-electron chi connectivity index (χ1n) is 3.68. The van der Waals surface area contributed by atoms with Gasteiger partial charge in [-0.05, 0) is 0 Å². The van der Waals surface area contributed by atoms with E-state index in [0.29, 0.717) is 5.92 Å². The molecule has 0 spiro atoms. The maximum Gasteiger partial charge on any atom is 1.00 e. The van der Waals surface area contributed by atoms with Crippen LogP contribution in [0.15, 0.2) is 11.6 Å². The Morgan fingerprint density at radius 1 is 1.50 bits per heavy atom. The van der Waals surface area contributed by atoms with E-state index >= 15 is 0 Å². The third-order valence-corrected chi connectivity index (χ3v) is 1.53. The van der Waals surface area contributed by atoms with Gasteiger partial charge < -0.3 is 0 Å². The van der Waals surface area contributed by atoms with Crippen LogP contribution in [-0.4, -0.2) is 0 Å². The van der Waals surface area contributed by atoms with E-state index in [9.17, 15) is 0 Å². The van der Waals surface area contributed by atoms with Gasteiger partial charge in [0.2, 0.25) is 0 Å². The third kappa shape index (κ3) is 7.35. The Labute approximate surface area is 108 Å². The first-order valence-corrected chi connectivity index (χ1v) is 3.68. The predicted molar refractivity (Wildman–Crippen MR) is 43.2 cm³/mol. The van der Waals surface area contributed by atoms with Crippen molar-refractivity contribution in [3.63, 3.8) is 0 Å². The minimum absolute atomic E-state index is 0. The van der Waals surface area contributed by atoms with Crippen LogP contribution in [0.3, 0.4) is 0 Å². The molecule has 0 saturated carbocycles. The smallest absolute Gasteiger partial charge is 0.230 e. The van der Waals surface area contributed by atoms with Crippen LogP contribution in [0.25, 0.3) is 0 Å². The molecular weight excluding hydrogens is 147 g/mol. The monoisotopic (exact) mass is 164 g/mol. The molecule has 0 heterocycles. The van der Waals surface area contributed by atoms with Crippen LogP contribution in [0.1, 0.15) is 34.1 Å². The molecule has 0 aromatic heterocycles. The molecule has 10 heavy (non-hydrogen) atoms. The second kappa shape index (κ2) is 8.34. The standard InChI is InChI=1S/C9H17.K/c1-5-6-7-9(4)8(2)3;/h6-8H,5H2,1-4H3;/q-1;+1/b9-7+;. The molecule has 0 nitrogen and oxygen atoms in total. The Kier molecular flexibility index (Phi) is 11.5. The summed E-state index contributed by atoms with van der Waals surface area (Å²) in [5, 5.41) is 0. The van der Waals surface area contributed by atoms with Gasteiger partial charge in [0, 0.05) is 0 Å². The molecule has 0 rings (SSSR count). The number of allylic oxidation sites excluding steroid dienone is 2. The molecule has 0 amide bonds. The summed E-state index contributed by atoms with van der Waals surface area (Å²) in [6.45, 7) is 8.77. The van der Waals surface area contributed by atoms with Gasteiger partial charge >= 0.3 is 51.4 Å². The Bertz CT molecular complexity index is 92.9. The number of hydrogen-bond acceptors (Lipinski definition) is 0. The first kappa shape index (κ1) is 13.8. The fraction of sp³-hybridized carbons (Fsp3) is 0.667. The summed E-state index contributed by atoms with van der Waals surface area (Å²) in [5.41, 5.74) is 1.47. The molecule has 54 valence electrons. The average molecular weight is 164 g/mol. The van der Waals surface area contributed by atoms with Gasteiger partial charge in [0.25, 0.3) is 0 Å². The molecule has 0 fully saturated rings.